The Morgan fingerprint density at radius 3 is 2.25 bits per heavy atom. The van der Waals surface area contributed by atoms with Gasteiger partial charge in [-0.1, -0.05) is 13.0 Å². The van der Waals surface area contributed by atoms with Gasteiger partial charge in [0.05, 0.1) is 4.90 Å². The smallest absolute Gasteiger partial charge is 0.214 e. The predicted octanol–water partition coefficient (Wildman–Crippen LogP) is 4.24. The molecule has 0 saturated heterocycles. The lowest BCUT2D eigenvalue weighted by Gasteiger charge is -2.21. The summed E-state index contributed by atoms with van der Waals surface area (Å²) in [7, 11) is -5.62. The van der Waals surface area contributed by atoms with Crippen LogP contribution < -0.4 is 0 Å². The summed E-state index contributed by atoms with van der Waals surface area (Å²) in [4.78, 5) is -1.07. The summed E-state index contributed by atoms with van der Waals surface area (Å²) in [6, 6.07) is 2.35. The van der Waals surface area contributed by atoms with E-state index in [1.165, 1.54) is 0 Å². The number of rotatable bonds is 4. The Kier molecular flexibility index (Phi) is 5.08. The Bertz CT molecular complexity index is 582. The third-order valence-corrected chi connectivity index (χ3v) is 4.81. The van der Waals surface area contributed by atoms with Crippen LogP contribution in [0.25, 0.3) is 0 Å². The molecule has 2 unspecified atom stereocenters. The summed E-state index contributed by atoms with van der Waals surface area (Å²) < 4.78 is 74.2. The van der Waals surface area contributed by atoms with E-state index in [2.05, 4.69) is 0 Å². The molecule has 1 aromatic rings. The highest BCUT2D eigenvalue weighted by Gasteiger charge is 2.48. The molecule has 0 fully saturated rings. The molecule has 114 valence electrons. The molecule has 1 rings (SSSR count). The summed E-state index contributed by atoms with van der Waals surface area (Å²) in [5.41, 5.74) is -5.60. The van der Waals surface area contributed by atoms with Crippen LogP contribution in [0.1, 0.15) is 31.7 Å². The highest BCUT2D eigenvalue weighted by Crippen LogP contribution is 2.38. The number of hydrogen-bond acceptors (Lipinski definition) is 2. The highest BCUT2D eigenvalue weighted by atomic mass is 35.5. The quantitative estimate of drug-likeness (QED) is 0.610. The molecule has 0 aliphatic rings. The van der Waals surface area contributed by atoms with Gasteiger partial charge in [-0.2, -0.15) is 13.2 Å². The highest BCUT2D eigenvalue weighted by molar-refractivity contribution is 7.92. The van der Waals surface area contributed by atoms with E-state index in [0.717, 1.165) is 12.1 Å². The van der Waals surface area contributed by atoms with E-state index >= 15 is 0 Å². The Morgan fingerprint density at radius 2 is 1.85 bits per heavy atom. The Labute approximate surface area is 119 Å². The van der Waals surface area contributed by atoms with Crippen molar-refractivity contribution in [2.75, 3.05) is 0 Å². The molecule has 0 saturated carbocycles. The molecular formula is C12H13ClF4O2S. The topological polar surface area (TPSA) is 34.1 Å². The lowest BCUT2D eigenvalue weighted by Crippen LogP contribution is -2.26. The molecule has 20 heavy (non-hydrogen) atoms. The van der Waals surface area contributed by atoms with Crippen molar-refractivity contribution in [3.05, 3.63) is 29.6 Å². The van der Waals surface area contributed by atoms with E-state index in [9.17, 15) is 26.0 Å². The lowest BCUT2D eigenvalue weighted by atomic mass is 9.93. The number of hydrogen-bond donors (Lipinski definition) is 0. The molecule has 0 radical (unpaired) electrons. The minimum absolute atomic E-state index is 0.117. The van der Waals surface area contributed by atoms with Gasteiger partial charge >= 0.3 is 5.51 Å². The fourth-order valence-corrected chi connectivity index (χ4v) is 3.32. The van der Waals surface area contributed by atoms with Gasteiger partial charge in [-0.25, -0.2) is 12.8 Å². The molecule has 0 amide bonds. The van der Waals surface area contributed by atoms with Gasteiger partial charge in [-0.3, -0.25) is 0 Å². The first-order valence-electron chi connectivity index (χ1n) is 5.77. The Morgan fingerprint density at radius 1 is 1.30 bits per heavy atom. The fourth-order valence-electron chi connectivity index (χ4n) is 1.96. The normalized spacial score (nSPS) is 15.9. The predicted molar refractivity (Wildman–Crippen MR) is 68.0 cm³/mol. The maximum absolute atomic E-state index is 13.2. The van der Waals surface area contributed by atoms with E-state index in [4.69, 9.17) is 11.6 Å². The molecule has 2 nitrogen and oxygen atoms in total. The summed E-state index contributed by atoms with van der Waals surface area (Å²) >= 11 is 5.88. The van der Waals surface area contributed by atoms with Crippen LogP contribution in [0.2, 0.25) is 0 Å². The molecule has 2 atom stereocenters. The van der Waals surface area contributed by atoms with E-state index in [1.54, 1.807) is 13.8 Å². The second-order valence-corrected chi connectivity index (χ2v) is 6.92. The van der Waals surface area contributed by atoms with Crippen molar-refractivity contribution in [3.63, 3.8) is 0 Å². The number of alkyl halides is 4. The van der Waals surface area contributed by atoms with Gasteiger partial charge in [-0.15, -0.1) is 11.6 Å². The summed E-state index contributed by atoms with van der Waals surface area (Å²) in [6.45, 7) is 3.21. The fraction of sp³-hybridized carbons (Fsp3) is 0.500. The van der Waals surface area contributed by atoms with Gasteiger partial charge in [0.2, 0.25) is 0 Å². The number of benzene rings is 1. The second-order valence-electron chi connectivity index (χ2n) is 4.32. The van der Waals surface area contributed by atoms with Gasteiger partial charge in [0.15, 0.2) is 0 Å². The molecular weight excluding hydrogens is 320 g/mol. The average Bonchev–Trinajstić information content (AvgIpc) is 2.29. The van der Waals surface area contributed by atoms with Crippen molar-refractivity contribution < 1.29 is 26.0 Å². The first-order valence-corrected chi connectivity index (χ1v) is 7.69. The van der Waals surface area contributed by atoms with Crippen molar-refractivity contribution in [2.24, 2.45) is 0 Å². The largest absolute Gasteiger partial charge is 0.501 e. The van der Waals surface area contributed by atoms with Crippen LogP contribution in [0.4, 0.5) is 17.6 Å². The Hall–Kier alpha value is -0.820. The molecule has 0 bridgehead atoms. The van der Waals surface area contributed by atoms with Crippen molar-refractivity contribution in [2.45, 2.75) is 42.0 Å². The zero-order valence-electron chi connectivity index (χ0n) is 10.7. The third-order valence-electron chi connectivity index (χ3n) is 2.96. The van der Waals surface area contributed by atoms with Gasteiger partial charge < -0.3 is 0 Å². The molecule has 1 aromatic carbocycles. The molecule has 0 heterocycles. The molecule has 0 spiro atoms. The maximum atomic E-state index is 13.2. The zero-order chi connectivity index (χ0) is 15.7. The minimum Gasteiger partial charge on any atom is -0.214 e. The van der Waals surface area contributed by atoms with Gasteiger partial charge in [0, 0.05) is 11.3 Å². The summed E-state index contributed by atoms with van der Waals surface area (Å²) in [5.74, 6) is -1.67. The third kappa shape index (κ3) is 3.25. The second kappa shape index (κ2) is 5.89. The molecule has 8 heteroatoms. The van der Waals surface area contributed by atoms with Crippen molar-refractivity contribution in [3.8, 4) is 0 Å². The van der Waals surface area contributed by atoms with Crippen LogP contribution in [0.3, 0.4) is 0 Å². The van der Waals surface area contributed by atoms with Crippen molar-refractivity contribution in [1.29, 1.82) is 0 Å². The van der Waals surface area contributed by atoms with E-state index in [1.807, 2.05) is 0 Å². The first kappa shape index (κ1) is 17.2. The first-order chi connectivity index (χ1) is 9.02. The average molecular weight is 333 g/mol. The maximum Gasteiger partial charge on any atom is 0.501 e. The van der Waals surface area contributed by atoms with Crippen molar-refractivity contribution in [1.82, 2.24) is 0 Å². The van der Waals surface area contributed by atoms with Crippen LogP contribution in [0.5, 0.6) is 0 Å². The molecule has 0 aliphatic carbocycles. The minimum atomic E-state index is -5.62. The van der Waals surface area contributed by atoms with Crippen LogP contribution in [0.15, 0.2) is 23.1 Å². The van der Waals surface area contributed by atoms with Gasteiger partial charge in [0.1, 0.15) is 5.82 Å². The molecule has 0 aliphatic heterocycles. The molecule has 0 N–H and O–H groups in total. The lowest BCUT2D eigenvalue weighted by molar-refractivity contribution is -0.0436. The van der Waals surface area contributed by atoms with E-state index < -0.39 is 37.4 Å². The summed E-state index contributed by atoms with van der Waals surface area (Å²) in [6.07, 6.45) is 0.330. The summed E-state index contributed by atoms with van der Waals surface area (Å²) in [5, 5.41) is -0.590. The Balaban J connectivity index is 3.58. The SMILES string of the molecule is CCC(c1ccc(F)cc1S(=O)(=O)C(F)(F)F)C(C)Cl. The molecule has 0 aromatic heterocycles. The zero-order valence-corrected chi connectivity index (χ0v) is 12.3. The van der Waals surface area contributed by atoms with Crippen molar-refractivity contribution >= 4 is 21.4 Å². The van der Waals surface area contributed by atoms with Gasteiger partial charge in [0.25, 0.3) is 9.84 Å². The van der Waals surface area contributed by atoms with Crippen LogP contribution in [0, 0.1) is 5.82 Å². The number of sulfone groups is 1. The monoisotopic (exact) mass is 332 g/mol. The van der Waals surface area contributed by atoms with E-state index in [-0.39, 0.29) is 5.56 Å². The number of halogens is 5. The van der Waals surface area contributed by atoms with Crippen LogP contribution >= 0.6 is 11.6 Å². The van der Waals surface area contributed by atoms with E-state index in [0.29, 0.717) is 12.5 Å². The van der Waals surface area contributed by atoms with Crippen LogP contribution in [-0.2, 0) is 9.84 Å². The van der Waals surface area contributed by atoms with Gasteiger partial charge in [-0.05, 0) is 31.0 Å². The van der Waals surface area contributed by atoms with Crippen LogP contribution in [-0.4, -0.2) is 19.3 Å². The standard InChI is InChI=1S/C12H13ClF4O2S/c1-3-9(7(2)13)10-5-4-8(14)6-11(10)20(18,19)12(15,16)17/h4-7,9H,3H2,1-2H3.